The summed E-state index contributed by atoms with van der Waals surface area (Å²) in [5.74, 6) is 1.06. The van der Waals surface area contributed by atoms with E-state index in [9.17, 15) is 4.79 Å². The van der Waals surface area contributed by atoms with Crippen molar-refractivity contribution < 1.29 is 9.32 Å². The number of hydrogen-bond acceptors (Lipinski definition) is 6. The molecule has 2 aromatic heterocycles. The Kier molecular flexibility index (Phi) is 3.96. The number of carbonyl (C=O) groups excluding carboxylic acids is 1. The molecule has 0 radical (unpaired) electrons. The molecule has 0 bridgehead atoms. The number of hydrogen-bond donors (Lipinski definition) is 1. The van der Waals surface area contributed by atoms with E-state index in [0.29, 0.717) is 24.2 Å². The number of rotatable bonds is 5. The molecule has 1 atom stereocenters. The second kappa shape index (κ2) is 6.04. The normalized spacial score (nSPS) is 19.0. The summed E-state index contributed by atoms with van der Waals surface area (Å²) in [6.45, 7) is 3.82. The van der Waals surface area contributed by atoms with Gasteiger partial charge in [-0.15, -0.1) is 0 Å². The number of aromatic nitrogens is 4. The third kappa shape index (κ3) is 3.46. The average Bonchev–Trinajstić information content (AvgIpc) is 3.15. The number of nitrogens with zero attached hydrogens (tertiary/aromatic N) is 5. The first-order valence-corrected chi connectivity index (χ1v) is 7.00. The summed E-state index contributed by atoms with van der Waals surface area (Å²) < 4.78 is 6.74. The summed E-state index contributed by atoms with van der Waals surface area (Å²) in [6, 6.07) is 2.02. The molecule has 1 aliphatic rings. The first kappa shape index (κ1) is 13.7. The molecule has 0 saturated carbocycles. The molecule has 3 rings (SSSR count). The zero-order valence-corrected chi connectivity index (χ0v) is 11.9. The van der Waals surface area contributed by atoms with Crippen molar-refractivity contribution in [3.8, 4) is 0 Å². The quantitative estimate of drug-likeness (QED) is 0.871. The molecule has 1 fully saturated rings. The monoisotopic (exact) mass is 290 g/mol. The largest absolute Gasteiger partial charge is 0.360 e. The molecule has 3 heterocycles. The second-order valence-electron chi connectivity index (χ2n) is 5.26. The lowest BCUT2D eigenvalue weighted by Gasteiger charge is -2.23. The molecule has 1 N–H and O–H groups in total. The average molecular weight is 290 g/mol. The van der Waals surface area contributed by atoms with Crippen LogP contribution in [-0.4, -0.2) is 49.9 Å². The number of nitrogens with one attached hydrogen (secondary N) is 1. The predicted octanol–water partition coefficient (Wildman–Crippen LogP) is 0.678. The molecule has 0 aliphatic carbocycles. The van der Waals surface area contributed by atoms with Gasteiger partial charge in [-0.3, -0.25) is 14.4 Å². The van der Waals surface area contributed by atoms with Gasteiger partial charge in [0.05, 0.1) is 13.1 Å². The third-order valence-electron chi connectivity index (χ3n) is 3.61. The first-order chi connectivity index (χ1) is 10.2. The summed E-state index contributed by atoms with van der Waals surface area (Å²) in [7, 11) is 0. The molecule has 112 valence electrons. The van der Waals surface area contributed by atoms with Crippen molar-refractivity contribution in [1.29, 1.82) is 0 Å². The third-order valence-corrected chi connectivity index (χ3v) is 3.61. The van der Waals surface area contributed by atoms with Gasteiger partial charge < -0.3 is 9.84 Å². The number of anilines is 1. The molecule has 0 unspecified atom stereocenters. The zero-order valence-electron chi connectivity index (χ0n) is 11.9. The van der Waals surface area contributed by atoms with Gasteiger partial charge in [-0.25, -0.2) is 4.98 Å². The Morgan fingerprint density at radius 2 is 2.48 bits per heavy atom. The van der Waals surface area contributed by atoms with Crippen LogP contribution in [0.5, 0.6) is 0 Å². The van der Waals surface area contributed by atoms with Gasteiger partial charge in [-0.2, -0.15) is 5.10 Å². The van der Waals surface area contributed by atoms with Crippen LogP contribution >= 0.6 is 0 Å². The Morgan fingerprint density at radius 3 is 3.19 bits per heavy atom. The first-order valence-electron chi connectivity index (χ1n) is 7.00. The van der Waals surface area contributed by atoms with Crippen LogP contribution in [0.3, 0.4) is 0 Å². The molecule has 1 amide bonds. The van der Waals surface area contributed by atoms with E-state index in [0.717, 1.165) is 25.9 Å². The van der Waals surface area contributed by atoms with Gasteiger partial charge in [0.1, 0.15) is 18.4 Å². The lowest BCUT2D eigenvalue weighted by molar-refractivity contribution is -0.117. The predicted molar refractivity (Wildman–Crippen MR) is 74.5 cm³/mol. The van der Waals surface area contributed by atoms with Crippen LogP contribution in [0.4, 0.5) is 5.82 Å². The second-order valence-corrected chi connectivity index (χ2v) is 5.26. The highest BCUT2D eigenvalue weighted by atomic mass is 16.5. The smallest absolute Gasteiger partial charge is 0.239 e. The van der Waals surface area contributed by atoms with Crippen molar-refractivity contribution >= 4 is 11.7 Å². The highest BCUT2D eigenvalue weighted by Gasteiger charge is 2.26. The molecule has 0 aromatic carbocycles. The maximum atomic E-state index is 12.1. The van der Waals surface area contributed by atoms with Gasteiger partial charge in [-0.05, 0) is 26.3 Å². The van der Waals surface area contributed by atoms with E-state index in [4.69, 9.17) is 4.52 Å². The van der Waals surface area contributed by atoms with E-state index in [-0.39, 0.29) is 5.91 Å². The van der Waals surface area contributed by atoms with Crippen molar-refractivity contribution in [3.05, 3.63) is 24.5 Å². The molecule has 8 heteroatoms. The molecule has 8 nitrogen and oxygen atoms in total. The standard InChI is InChI=1S/C13H18N6O2/c1-10-5-12(17-21-10)16-13(20)7-18-4-2-3-11(18)6-19-9-14-8-15-19/h5,8-9,11H,2-4,6-7H2,1H3,(H,16,17,20)/t11-/m1/s1. The maximum absolute atomic E-state index is 12.1. The minimum Gasteiger partial charge on any atom is -0.360 e. The summed E-state index contributed by atoms with van der Waals surface area (Å²) in [6.07, 6.45) is 5.39. The number of aryl methyl sites for hydroxylation is 1. The summed E-state index contributed by atoms with van der Waals surface area (Å²) >= 11 is 0. The summed E-state index contributed by atoms with van der Waals surface area (Å²) in [5.41, 5.74) is 0. The number of likely N-dealkylation sites (tertiary alicyclic amines) is 1. The minimum absolute atomic E-state index is 0.0752. The molecule has 1 aliphatic heterocycles. The van der Waals surface area contributed by atoms with Crippen LogP contribution in [0, 0.1) is 6.92 Å². The molecule has 2 aromatic rings. The zero-order chi connectivity index (χ0) is 14.7. The van der Waals surface area contributed by atoms with Crippen LogP contribution < -0.4 is 5.32 Å². The van der Waals surface area contributed by atoms with Gasteiger partial charge >= 0.3 is 0 Å². The Labute approximate surface area is 122 Å². The van der Waals surface area contributed by atoms with Crippen LogP contribution in [0.25, 0.3) is 0 Å². The van der Waals surface area contributed by atoms with Gasteiger partial charge in [0.25, 0.3) is 0 Å². The van der Waals surface area contributed by atoms with Crippen molar-refractivity contribution in [3.63, 3.8) is 0 Å². The Balaban J connectivity index is 1.54. The fraction of sp³-hybridized carbons (Fsp3) is 0.538. The van der Waals surface area contributed by atoms with Gasteiger partial charge in [0, 0.05) is 12.1 Å². The van der Waals surface area contributed by atoms with Crippen molar-refractivity contribution in [2.24, 2.45) is 0 Å². The van der Waals surface area contributed by atoms with Crippen LogP contribution in [0.1, 0.15) is 18.6 Å². The van der Waals surface area contributed by atoms with E-state index < -0.39 is 0 Å². The SMILES string of the molecule is Cc1cc(NC(=O)CN2CCC[C@@H]2Cn2cncn2)no1. The van der Waals surface area contributed by atoms with E-state index in [1.165, 1.54) is 6.33 Å². The topological polar surface area (TPSA) is 89.1 Å². The highest BCUT2D eigenvalue weighted by Crippen LogP contribution is 2.18. The Bertz CT molecular complexity index is 594. The van der Waals surface area contributed by atoms with E-state index >= 15 is 0 Å². The molecule has 21 heavy (non-hydrogen) atoms. The number of amides is 1. The van der Waals surface area contributed by atoms with Gasteiger partial charge in [-0.1, -0.05) is 5.16 Å². The maximum Gasteiger partial charge on any atom is 0.239 e. The molecular weight excluding hydrogens is 272 g/mol. The van der Waals surface area contributed by atoms with E-state index in [2.05, 4.69) is 25.5 Å². The Hall–Kier alpha value is -2.22. The fourth-order valence-electron chi connectivity index (χ4n) is 2.65. The highest BCUT2D eigenvalue weighted by molar-refractivity contribution is 5.91. The molecule has 1 saturated heterocycles. The summed E-state index contributed by atoms with van der Waals surface area (Å²) in [5, 5.41) is 10.6. The van der Waals surface area contributed by atoms with Crippen molar-refractivity contribution in [1.82, 2.24) is 24.8 Å². The van der Waals surface area contributed by atoms with Crippen molar-refractivity contribution in [2.45, 2.75) is 32.4 Å². The lowest BCUT2D eigenvalue weighted by Crippen LogP contribution is -2.39. The van der Waals surface area contributed by atoms with Crippen LogP contribution in [0.2, 0.25) is 0 Å². The van der Waals surface area contributed by atoms with E-state index in [1.807, 2.05) is 4.68 Å². The lowest BCUT2D eigenvalue weighted by atomic mass is 10.2. The van der Waals surface area contributed by atoms with Crippen LogP contribution in [-0.2, 0) is 11.3 Å². The van der Waals surface area contributed by atoms with E-state index in [1.54, 1.807) is 19.3 Å². The number of carbonyl (C=O) groups is 1. The van der Waals surface area contributed by atoms with Crippen LogP contribution in [0.15, 0.2) is 23.2 Å². The van der Waals surface area contributed by atoms with Gasteiger partial charge in [0.15, 0.2) is 5.82 Å². The summed E-state index contributed by atoms with van der Waals surface area (Å²) in [4.78, 5) is 18.2. The Morgan fingerprint density at radius 1 is 1.57 bits per heavy atom. The minimum atomic E-state index is -0.0752. The fourth-order valence-corrected chi connectivity index (χ4v) is 2.65. The van der Waals surface area contributed by atoms with Gasteiger partial charge in [0.2, 0.25) is 5.91 Å². The van der Waals surface area contributed by atoms with Crippen molar-refractivity contribution in [2.75, 3.05) is 18.4 Å². The molecular formula is C13H18N6O2. The molecule has 0 spiro atoms.